The van der Waals surface area contributed by atoms with Crippen molar-refractivity contribution in [1.29, 1.82) is 0 Å². The molecule has 1 unspecified atom stereocenters. The van der Waals surface area contributed by atoms with Crippen molar-refractivity contribution in [2.75, 3.05) is 39.4 Å². The Hall–Kier alpha value is -1.17. The molecule has 0 aliphatic carbocycles. The van der Waals surface area contributed by atoms with Crippen LogP contribution in [-0.2, 0) is 11.3 Å². The Bertz CT molecular complexity index is 452. The molecule has 5 nitrogen and oxygen atoms in total. The predicted octanol–water partition coefficient (Wildman–Crippen LogP) is 0.612. The van der Waals surface area contributed by atoms with E-state index in [2.05, 4.69) is 14.8 Å². The molecule has 2 aliphatic heterocycles. The average Bonchev–Trinajstić information content (AvgIpc) is 2.43. The summed E-state index contributed by atoms with van der Waals surface area (Å²) in [7, 11) is 0. The van der Waals surface area contributed by atoms with Gasteiger partial charge in [0.1, 0.15) is 5.75 Å². The van der Waals surface area contributed by atoms with Crippen LogP contribution in [0.1, 0.15) is 11.4 Å². The maximum atomic E-state index is 9.87. The van der Waals surface area contributed by atoms with Gasteiger partial charge in [0.2, 0.25) is 0 Å². The van der Waals surface area contributed by atoms with Crippen molar-refractivity contribution in [2.24, 2.45) is 0 Å². The van der Waals surface area contributed by atoms with Crippen LogP contribution in [0.25, 0.3) is 0 Å². The molecule has 0 bridgehead atoms. The minimum Gasteiger partial charge on any atom is -0.506 e. The van der Waals surface area contributed by atoms with Gasteiger partial charge in [0.15, 0.2) is 0 Å². The van der Waals surface area contributed by atoms with E-state index < -0.39 is 0 Å². The quantitative estimate of drug-likeness (QED) is 0.847. The molecule has 5 heteroatoms. The van der Waals surface area contributed by atoms with Crippen molar-refractivity contribution in [1.82, 2.24) is 14.8 Å². The zero-order valence-electron chi connectivity index (χ0n) is 11.4. The monoisotopic (exact) mass is 263 g/mol. The Labute approximate surface area is 113 Å². The molecule has 1 aromatic heterocycles. The SMILES string of the molecule is Cc1ccc(O)c(CN2CCN3CCOCC3C2)n1. The van der Waals surface area contributed by atoms with Crippen molar-refractivity contribution in [3.05, 3.63) is 23.5 Å². The molecular weight excluding hydrogens is 242 g/mol. The number of hydrogen-bond donors (Lipinski definition) is 1. The summed E-state index contributed by atoms with van der Waals surface area (Å²) in [5.74, 6) is 0.299. The maximum absolute atomic E-state index is 9.87. The first kappa shape index (κ1) is 12.8. The Morgan fingerprint density at radius 1 is 1.37 bits per heavy atom. The highest BCUT2D eigenvalue weighted by Gasteiger charge is 2.29. The smallest absolute Gasteiger partial charge is 0.138 e. The number of morpholine rings is 1. The molecule has 2 saturated heterocycles. The van der Waals surface area contributed by atoms with Gasteiger partial charge < -0.3 is 9.84 Å². The van der Waals surface area contributed by atoms with E-state index in [-0.39, 0.29) is 0 Å². The number of fused-ring (bicyclic) bond motifs is 1. The zero-order chi connectivity index (χ0) is 13.2. The van der Waals surface area contributed by atoms with Gasteiger partial charge in [0, 0.05) is 44.5 Å². The number of hydrogen-bond acceptors (Lipinski definition) is 5. The highest BCUT2D eigenvalue weighted by molar-refractivity contribution is 5.27. The molecule has 1 atom stereocenters. The van der Waals surface area contributed by atoms with Gasteiger partial charge in [-0.15, -0.1) is 0 Å². The van der Waals surface area contributed by atoms with Gasteiger partial charge in [-0.25, -0.2) is 0 Å². The third-order valence-electron chi connectivity index (χ3n) is 3.98. The number of piperazine rings is 1. The van der Waals surface area contributed by atoms with Crippen LogP contribution >= 0.6 is 0 Å². The number of aromatic hydroxyl groups is 1. The zero-order valence-corrected chi connectivity index (χ0v) is 11.4. The van der Waals surface area contributed by atoms with Crippen LogP contribution in [0.15, 0.2) is 12.1 Å². The molecule has 2 fully saturated rings. The second kappa shape index (κ2) is 5.45. The molecule has 1 aromatic rings. The number of aryl methyl sites for hydroxylation is 1. The van der Waals surface area contributed by atoms with E-state index in [1.807, 2.05) is 13.0 Å². The van der Waals surface area contributed by atoms with Gasteiger partial charge in [-0.2, -0.15) is 0 Å². The van der Waals surface area contributed by atoms with Crippen LogP contribution < -0.4 is 0 Å². The van der Waals surface area contributed by atoms with Gasteiger partial charge >= 0.3 is 0 Å². The molecule has 0 amide bonds. The topological polar surface area (TPSA) is 48.8 Å². The van der Waals surface area contributed by atoms with Crippen LogP contribution in [0.5, 0.6) is 5.75 Å². The lowest BCUT2D eigenvalue weighted by Gasteiger charge is -2.43. The van der Waals surface area contributed by atoms with Crippen LogP contribution in [0.2, 0.25) is 0 Å². The van der Waals surface area contributed by atoms with E-state index in [1.54, 1.807) is 6.07 Å². The van der Waals surface area contributed by atoms with Gasteiger partial charge in [0.25, 0.3) is 0 Å². The minimum atomic E-state index is 0.299. The molecule has 0 spiro atoms. The fraction of sp³-hybridized carbons (Fsp3) is 0.643. The fourth-order valence-corrected chi connectivity index (χ4v) is 2.89. The van der Waals surface area contributed by atoms with Crippen LogP contribution in [0.3, 0.4) is 0 Å². The number of aromatic nitrogens is 1. The molecule has 3 rings (SSSR count). The second-order valence-corrected chi connectivity index (χ2v) is 5.42. The first-order valence-corrected chi connectivity index (χ1v) is 6.92. The van der Waals surface area contributed by atoms with Crippen molar-refractivity contribution in [2.45, 2.75) is 19.5 Å². The van der Waals surface area contributed by atoms with E-state index in [0.717, 1.165) is 57.3 Å². The Balaban J connectivity index is 1.65. The van der Waals surface area contributed by atoms with E-state index in [4.69, 9.17) is 4.74 Å². The molecule has 104 valence electrons. The highest BCUT2D eigenvalue weighted by Crippen LogP contribution is 2.20. The van der Waals surface area contributed by atoms with Crippen LogP contribution in [0.4, 0.5) is 0 Å². The predicted molar refractivity (Wildman–Crippen MR) is 72.1 cm³/mol. The molecular formula is C14H21N3O2. The van der Waals surface area contributed by atoms with E-state index in [9.17, 15) is 5.11 Å². The maximum Gasteiger partial charge on any atom is 0.138 e. The molecule has 2 aliphatic rings. The standard InChI is InChI=1S/C14H21N3O2/c1-11-2-3-14(18)13(15-11)9-16-4-5-17-6-7-19-10-12(17)8-16/h2-3,12,18H,4-10H2,1H3. The van der Waals surface area contributed by atoms with Crippen LogP contribution in [0, 0.1) is 6.92 Å². The summed E-state index contributed by atoms with van der Waals surface area (Å²) < 4.78 is 5.55. The second-order valence-electron chi connectivity index (χ2n) is 5.42. The van der Waals surface area contributed by atoms with Gasteiger partial charge in [-0.3, -0.25) is 14.8 Å². The van der Waals surface area contributed by atoms with Crippen molar-refractivity contribution in [3.63, 3.8) is 0 Å². The molecule has 0 saturated carbocycles. The largest absolute Gasteiger partial charge is 0.506 e. The lowest BCUT2D eigenvalue weighted by atomic mass is 10.1. The molecule has 19 heavy (non-hydrogen) atoms. The fourth-order valence-electron chi connectivity index (χ4n) is 2.89. The summed E-state index contributed by atoms with van der Waals surface area (Å²) in [6, 6.07) is 4.07. The van der Waals surface area contributed by atoms with E-state index in [0.29, 0.717) is 11.8 Å². The summed E-state index contributed by atoms with van der Waals surface area (Å²) >= 11 is 0. The van der Waals surface area contributed by atoms with Gasteiger partial charge in [-0.05, 0) is 19.1 Å². The summed E-state index contributed by atoms with van der Waals surface area (Å²) in [4.78, 5) is 9.30. The lowest BCUT2D eigenvalue weighted by Crippen LogP contribution is -2.57. The molecule has 0 radical (unpaired) electrons. The number of rotatable bonds is 2. The summed E-state index contributed by atoms with van der Waals surface area (Å²) in [5, 5.41) is 9.87. The van der Waals surface area contributed by atoms with E-state index >= 15 is 0 Å². The molecule has 0 aromatic carbocycles. The summed E-state index contributed by atoms with van der Waals surface area (Å²) in [6.07, 6.45) is 0. The Morgan fingerprint density at radius 2 is 2.26 bits per heavy atom. The number of ether oxygens (including phenoxy) is 1. The van der Waals surface area contributed by atoms with Crippen molar-refractivity contribution >= 4 is 0 Å². The lowest BCUT2D eigenvalue weighted by molar-refractivity contribution is -0.0464. The van der Waals surface area contributed by atoms with Crippen molar-refractivity contribution in [3.8, 4) is 5.75 Å². The highest BCUT2D eigenvalue weighted by atomic mass is 16.5. The first-order chi connectivity index (χ1) is 9.22. The van der Waals surface area contributed by atoms with Gasteiger partial charge in [0.05, 0.1) is 18.9 Å². The Morgan fingerprint density at radius 3 is 3.16 bits per heavy atom. The van der Waals surface area contributed by atoms with Crippen LogP contribution in [-0.4, -0.2) is 65.3 Å². The van der Waals surface area contributed by atoms with E-state index in [1.165, 1.54) is 0 Å². The molecule has 3 heterocycles. The first-order valence-electron chi connectivity index (χ1n) is 6.92. The normalized spacial score (nSPS) is 25.2. The average molecular weight is 263 g/mol. The number of pyridine rings is 1. The Kier molecular flexibility index (Phi) is 3.68. The summed E-state index contributed by atoms with van der Waals surface area (Å²) in [6.45, 7) is 8.52. The third-order valence-corrected chi connectivity index (χ3v) is 3.98. The minimum absolute atomic E-state index is 0.299. The third kappa shape index (κ3) is 2.88. The summed E-state index contributed by atoms with van der Waals surface area (Å²) in [5.41, 5.74) is 1.73. The molecule has 1 N–H and O–H groups in total. The van der Waals surface area contributed by atoms with Gasteiger partial charge in [-0.1, -0.05) is 0 Å². The number of nitrogens with zero attached hydrogens (tertiary/aromatic N) is 3. The van der Waals surface area contributed by atoms with Crippen molar-refractivity contribution < 1.29 is 9.84 Å².